The monoisotopic (exact) mass is 426 g/mol. The molecule has 0 spiro atoms. The van der Waals surface area contributed by atoms with Gasteiger partial charge >= 0.3 is 0 Å². The Bertz CT molecular complexity index is 598. The van der Waals surface area contributed by atoms with Gasteiger partial charge < -0.3 is 10.8 Å². The fourth-order valence-electron chi connectivity index (χ4n) is 2.19. The normalized spacial score (nSPS) is 24.8. The number of sulfonamides is 1. The van der Waals surface area contributed by atoms with Gasteiger partial charge in [-0.3, -0.25) is 0 Å². The number of nitrogens with zero attached hydrogens (tertiary/aromatic N) is 1. The number of piperidine rings is 1. The Morgan fingerprint density at radius 3 is 2.40 bits per heavy atom. The molecule has 0 saturated carbocycles. The Morgan fingerprint density at radius 1 is 1.35 bits per heavy atom. The number of aliphatic hydroxyl groups excluding tert-OH is 1. The molecule has 0 radical (unpaired) electrons. The molecule has 3 N–H and O–H groups in total. The molecule has 20 heavy (non-hydrogen) atoms. The zero-order valence-corrected chi connectivity index (χ0v) is 14.9. The van der Waals surface area contributed by atoms with Crippen LogP contribution in [0.5, 0.6) is 0 Å². The van der Waals surface area contributed by atoms with E-state index in [-0.39, 0.29) is 17.4 Å². The summed E-state index contributed by atoms with van der Waals surface area (Å²) in [5.41, 5.74) is 6.15. The molecule has 1 aromatic rings. The van der Waals surface area contributed by atoms with Gasteiger partial charge in [0, 0.05) is 27.7 Å². The first kappa shape index (κ1) is 16.2. The second-order valence-electron chi connectivity index (χ2n) is 5.01. The molecule has 1 aromatic carbocycles. The molecule has 0 amide bonds. The van der Waals surface area contributed by atoms with Gasteiger partial charge in [0.2, 0.25) is 10.0 Å². The van der Waals surface area contributed by atoms with Gasteiger partial charge in [-0.05, 0) is 56.3 Å². The average molecular weight is 428 g/mol. The quantitative estimate of drug-likeness (QED) is 0.708. The molecule has 8 heteroatoms. The lowest BCUT2D eigenvalue weighted by molar-refractivity contribution is 0.0605. The summed E-state index contributed by atoms with van der Waals surface area (Å²) < 4.78 is 27.6. The Hall–Kier alpha value is -0.150. The van der Waals surface area contributed by atoms with E-state index in [0.29, 0.717) is 27.6 Å². The summed E-state index contributed by atoms with van der Waals surface area (Å²) in [6, 6.07) is 3.11. The van der Waals surface area contributed by atoms with Gasteiger partial charge in [-0.25, -0.2) is 8.42 Å². The van der Waals surface area contributed by atoms with E-state index in [4.69, 9.17) is 5.73 Å². The number of nitrogen functional groups attached to an aromatic ring is 1. The van der Waals surface area contributed by atoms with Crippen LogP contribution in [0, 0.1) is 5.92 Å². The number of benzene rings is 1. The van der Waals surface area contributed by atoms with Crippen molar-refractivity contribution >= 4 is 47.6 Å². The van der Waals surface area contributed by atoms with Crippen LogP contribution in [-0.2, 0) is 10.0 Å². The maximum Gasteiger partial charge on any atom is 0.245 e. The maximum absolute atomic E-state index is 12.7. The topological polar surface area (TPSA) is 83.6 Å². The third-order valence-corrected chi connectivity index (χ3v) is 7.24. The molecule has 5 nitrogen and oxygen atoms in total. The van der Waals surface area contributed by atoms with E-state index >= 15 is 0 Å². The molecule has 1 heterocycles. The minimum Gasteiger partial charge on any atom is -0.399 e. The Balaban J connectivity index is 2.41. The smallest absolute Gasteiger partial charge is 0.245 e. The minimum absolute atomic E-state index is 0.111. The van der Waals surface area contributed by atoms with Gasteiger partial charge in [-0.15, -0.1) is 0 Å². The second-order valence-corrected chi connectivity index (χ2v) is 8.59. The number of anilines is 1. The third-order valence-electron chi connectivity index (χ3n) is 3.50. The van der Waals surface area contributed by atoms with Crippen LogP contribution in [0.3, 0.4) is 0 Å². The minimum atomic E-state index is -3.67. The molecule has 112 valence electrons. The zero-order valence-electron chi connectivity index (χ0n) is 10.9. The zero-order chi connectivity index (χ0) is 15.1. The molecule has 2 unspecified atom stereocenters. The molecule has 1 saturated heterocycles. The highest BCUT2D eigenvalue weighted by molar-refractivity contribution is 9.11. The summed E-state index contributed by atoms with van der Waals surface area (Å²) in [6.07, 6.45) is 0.00907. The number of β-amino-alcohol motifs (C(OH)–C–C–N with tert-alkyl or cyclic N) is 1. The highest BCUT2D eigenvalue weighted by Crippen LogP contribution is 2.35. The van der Waals surface area contributed by atoms with Gasteiger partial charge in [0.05, 0.1) is 6.10 Å². The van der Waals surface area contributed by atoms with E-state index in [1.54, 1.807) is 12.1 Å². The van der Waals surface area contributed by atoms with Crippen LogP contribution in [0.1, 0.15) is 13.3 Å². The SMILES string of the molecule is CC1CCN(S(=O)(=O)c2c(Br)cc(N)cc2Br)CC1O. The summed E-state index contributed by atoms with van der Waals surface area (Å²) >= 11 is 6.50. The lowest BCUT2D eigenvalue weighted by Crippen LogP contribution is -2.45. The molecule has 1 aliphatic rings. The number of hydrogen-bond donors (Lipinski definition) is 2. The predicted octanol–water partition coefficient (Wildman–Crippen LogP) is 2.19. The van der Waals surface area contributed by atoms with Gasteiger partial charge in [0.15, 0.2) is 0 Å². The number of halogens is 2. The lowest BCUT2D eigenvalue weighted by Gasteiger charge is -2.33. The Labute approximate surface area is 135 Å². The highest BCUT2D eigenvalue weighted by Gasteiger charge is 2.35. The van der Waals surface area contributed by atoms with Crippen LogP contribution in [-0.4, -0.2) is 37.0 Å². The standard InChI is InChI=1S/C12H16Br2N2O3S/c1-7-2-3-16(6-11(7)17)20(18,19)12-9(13)4-8(15)5-10(12)14/h4-5,7,11,17H,2-3,6,15H2,1H3. The van der Waals surface area contributed by atoms with Crippen LogP contribution in [0.25, 0.3) is 0 Å². The molecule has 0 aromatic heterocycles. The van der Waals surface area contributed by atoms with E-state index in [9.17, 15) is 13.5 Å². The highest BCUT2D eigenvalue weighted by atomic mass is 79.9. The van der Waals surface area contributed by atoms with Crippen molar-refractivity contribution in [2.75, 3.05) is 18.8 Å². The van der Waals surface area contributed by atoms with Crippen LogP contribution < -0.4 is 5.73 Å². The first-order chi connectivity index (χ1) is 9.23. The first-order valence-corrected chi connectivity index (χ1v) is 9.19. The van der Waals surface area contributed by atoms with Crippen molar-refractivity contribution in [1.29, 1.82) is 0 Å². The van der Waals surface area contributed by atoms with Crippen molar-refractivity contribution in [3.05, 3.63) is 21.1 Å². The second kappa shape index (κ2) is 5.92. The molecular weight excluding hydrogens is 412 g/mol. The maximum atomic E-state index is 12.7. The summed E-state index contributed by atoms with van der Waals surface area (Å²) in [6.45, 7) is 2.44. The van der Waals surface area contributed by atoms with E-state index < -0.39 is 16.1 Å². The average Bonchev–Trinajstić information content (AvgIpc) is 2.30. The molecule has 0 bridgehead atoms. The van der Waals surface area contributed by atoms with Crippen molar-refractivity contribution < 1.29 is 13.5 Å². The fourth-order valence-corrected chi connectivity index (χ4v) is 6.21. The molecule has 0 aliphatic carbocycles. The number of nitrogens with two attached hydrogens (primary N) is 1. The summed E-state index contributed by atoms with van der Waals surface area (Å²) in [4.78, 5) is 0.147. The predicted molar refractivity (Wildman–Crippen MR) is 84.8 cm³/mol. The van der Waals surface area contributed by atoms with E-state index in [1.165, 1.54) is 4.31 Å². The Kier molecular flexibility index (Phi) is 4.80. The Morgan fingerprint density at radius 2 is 1.90 bits per heavy atom. The molecule has 1 fully saturated rings. The van der Waals surface area contributed by atoms with E-state index in [2.05, 4.69) is 31.9 Å². The van der Waals surface area contributed by atoms with Gasteiger partial charge in [-0.2, -0.15) is 4.31 Å². The van der Waals surface area contributed by atoms with Crippen LogP contribution in [0.4, 0.5) is 5.69 Å². The molecule has 1 aliphatic heterocycles. The number of aliphatic hydroxyl groups is 1. The van der Waals surface area contributed by atoms with Gasteiger partial charge in [0.1, 0.15) is 4.90 Å². The molecular formula is C12H16Br2N2O3S. The summed E-state index contributed by atoms with van der Waals surface area (Å²) in [7, 11) is -3.67. The largest absolute Gasteiger partial charge is 0.399 e. The summed E-state index contributed by atoms with van der Waals surface area (Å²) in [5.74, 6) is 0.111. The van der Waals surface area contributed by atoms with Crippen LogP contribution >= 0.6 is 31.9 Å². The molecule has 2 rings (SSSR count). The van der Waals surface area contributed by atoms with E-state index in [0.717, 1.165) is 0 Å². The van der Waals surface area contributed by atoms with Crippen molar-refractivity contribution in [3.63, 3.8) is 0 Å². The van der Waals surface area contributed by atoms with E-state index in [1.807, 2.05) is 6.92 Å². The first-order valence-electron chi connectivity index (χ1n) is 6.16. The van der Waals surface area contributed by atoms with Crippen molar-refractivity contribution in [2.45, 2.75) is 24.3 Å². The van der Waals surface area contributed by atoms with Crippen molar-refractivity contribution in [1.82, 2.24) is 4.31 Å². The number of rotatable bonds is 2. The van der Waals surface area contributed by atoms with Crippen molar-refractivity contribution in [3.8, 4) is 0 Å². The molecule has 2 atom stereocenters. The van der Waals surface area contributed by atoms with Crippen LogP contribution in [0.2, 0.25) is 0 Å². The van der Waals surface area contributed by atoms with Crippen LogP contribution in [0.15, 0.2) is 26.0 Å². The summed E-state index contributed by atoms with van der Waals surface area (Å²) in [5, 5.41) is 9.89. The van der Waals surface area contributed by atoms with Gasteiger partial charge in [-0.1, -0.05) is 6.92 Å². The third kappa shape index (κ3) is 3.04. The lowest BCUT2D eigenvalue weighted by atomic mass is 9.98. The number of hydrogen-bond acceptors (Lipinski definition) is 4. The fraction of sp³-hybridized carbons (Fsp3) is 0.500. The van der Waals surface area contributed by atoms with Gasteiger partial charge in [0.25, 0.3) is 0 Å². The van der Waals surface area contributed by atoms with Crippen molar-refractivity contribution in [2.24, 2.45) is 5.92 Å².